The van der Waals surface area contributed by atoms with E-state index in [9.17, 15) is 0 Å². The highest BCUT2D eigenvalue weighted by Crippen LogP contribution is 2.42. The fourth-order valence-electron chi connectivity index (χ4n) is 4.46. The molecule has 19 heavy (non-hydrogen) atoms. The minimum absolute atomic E-state index is 0.319. The molecule has 0 aromatic heterocycles. The van der Waals surface area contributed by atoms with Gasteiger partial charge in [-0.3, -0.25) is 4.90 Å². The average molecular weight is 266 g/mol. The van der Waals surface area contributed by atoms with Crippen molar-refractivity contribution in [3.8, 4) is 0 Å². The number of hydrogen-bond acceptors (Lipinski definition) is 2. The van der Waals surface area contributed by atoms with Crippen molar-refractivity contribution in [2.24, 2.45) is 23.5 Å². The molecule has 0 amide bonds. The third-order valence-corrected chi connectivity index (χ3v) is 6.27. The summed E-state index contributed by atoms with van der Waals surface area (Å²) in [6, 6.07) is 0.716. The molecule has 0 radical (unpaired) electrons. The Hall–Kier alpha value is -0.0800. The van der Waals surface area contributed by atoms with Crippen molar-refractivity contribution in [2.75, 3.05) is 13.1 Å². The Kier molecular flexibility index (Phi) is 4.94. The summed E-state index contributed by atoms with van der Waals surface area (Å²) in [5.41, 5.74) is 6.58. The lowest BCUT2D eigenvalue weighted by Crippen LogP contribution is -2.61. The normalized spacial score (nSPS) is 41.7. The van der Waals surface area contributed by atoms with Gasteiger partial charge in [-0.25, -0.2) is 0 Å². The number of piperidine rings is 1. The van der Waals surface area contributed by atoms with Crippen LogP contribution in [-0.2, 0) is 0 Å². The number of hydrogen-bond donors (Lipinski definition) is 1. The van der Waals surface area contributed by atoms with Gasteiger partial charge >= 0.3 is 0 Å². The van der Waals surface area contributed by atoms with E-state index in [1.165, 1.54) is 45.1 Å². The monoisotopic (exact) mass is 266 g/mol. The maximum absolute atomic E-state index is 6.26. The summed E-state index contributed by atoms with van der Waals surface area (Å²) < 4.78 is 0. The van der Waals surface area contributed by atoms with E-state index in [1.54, 1.807) is 0 Å². The summed E-state index contributed by atoms with van der Waals surface area (Å²) in [5, 5.41) is 0. The zero-order valence-corrected chi connectivity index (χ0v) is 13.5. The Labute approximate surface area is 120 Å². The highest BCUT2D eigenvalue weighted by atomic mass is 15.2. The standard InChI is InChI=1S/C17H34N2/c1-13(2)16-7-9-17(12-18,10-8-16)19-11-5-6-14(3)15(19)4/h13-16H,5-12,18H2,1-4H3. The van der Waals surface area contributed by atoms with Crippen LogP contribution in [0, 0.1) is 17.8 Å². The molecule has 2 aliphatic rings. The lowest BCUT2D eigenvalue weighted by molar-refractivity contribution is -0.0287. The van der Waals surface area contributed by atoms with Crippen molar-refractivity contribution in [1.82, 2.24) is 4.90 Å². The molecule has 1 aliphatic heterocycles. The third kappa shape index (κ3) is 3.00. The third-order valence-electron chi connectivity index (χ3n) is 6.27. The molecule has 112 valence electrons. The number of likely N-dealkylation sites (tertiary alicyclic amines) is 1. The molecule has 1 heterocycles. The summed E-state index contributed by atoms with van der Waals surface area (Å²) in [6.45, 7) is 11.7. The lowest BCUT2D eigenvalue weighted by Gasteiger charge is -2.53. The second kappa shape index (κ2) is 6.13. The zero-order chi connectivity index (χ0) is 14.0. The Bertz CT molecular complexity index is 279. The number of rotatable bonds is 3. The summed E-state index contributed by atoms with van der Waals surface area (Å²) in [6.07, 6.45) is 8.17. The predicted molar refractivity (Wildman–Crippen MR) is 83.1 cm³/mol. The molecule has 2 N–H and O–H groups in total. The largest absolute Gasteiger partial charge is 0.329 e. The van der Waals surface area contributed by atoms with Gasteiger partial charge in [-0.05, 0) is 69.7 Å². The fourth-order valence-corrected chi connectivity index (χ4v) is 4.46. The van der Waals surface area contributed by atoms with Crippen molar-refractivity contribution >= 4 is 0 Å². The molecule has 1 saturated heterocycles. The van der Waals surface area contributed by atoms with Gasteiger partial charge in [0.05, 0.1) is 0 Å². The molecule has 1 saturated carbocycles. The van der Waals surface area contributed by atoms with Crippen molar-refractivity contribution in [3.63, 3.8) is 0 Å². The van der Waals surface area contributed by atoms with Crippen molar-refractivity contribution in [1.29, 1.82) is 0 Å². The minimum Gasteiger partial charge on any atom is -0.329 e. The average Bonchev–Trinajstić information content (AvgIpc) is 2.42. The van der Waals surface area contributed by atoms with Crippen LogP contribution in [0.4, 0.5) is 0 Å². The van der Waals surface area contributed by atoms with Crippen molar-refractivity contribution in [2.45, 2.75) is 77.8 Å². The van der Waals surface area contributed by atoms with Gasteiger partial charge in [0, 0.05) is 18.1 Å². The van der Waals surface area contributed by atoms with Crippen LogP contribution in [-0.4, -0.2) is 29.6 Å². The first-order chi connectivity index (χ1) is 9.00. The molecule has 0 spiro atoms. The van der Waals surface area contributed by atoms with Crippen LogP contribution in [0.25, 0.3) is 0 Å². The quantitative estimate of drug-likeness (QED) is 0.845. The second-order valence-electron chi connectivity index (χ2n) is 7.56. The summed E-state index contributed by atoms with van der Waals surface area (Å²) in [5.74, 6) is 2.60. The van der Waals surface area contributed by atoms with Gasteiger partial charge < -0.3 is 5.73 Å². The van der Waals surface area contributed by atoms with Crippen LogP contribution >= 0.6 is 0 Å². The van der Waals surface area contributed by atoms with E-state index in [0.29, 0.717) is 11.6 Å². The van der Waals surface area contributed by atoms with Gasteiger partial charge in [0.25, 0.3) is 0 Å². The van der Waals surface area contributed by atoms with E-state index in [1.807, 2.05) is 0 Å². The first-order valence-electron chi connectivity index (χ1n) is 8.47. The molecule has 2 heteroatoms. The smallest absolute Gasteiger partial charge is 0.0334 e. The summed E-state index contributed by atoms with van der Waals surface area (Å²) >= 11 is 0. The van der Waals surface area contributed by atoms with E-state index >= 15 is 0 Å². The van der Waals surface area contributed by atoms with E-state index in [0.717, 1.165) is 24.3 Å². The second-order valence-corrected chi connectivity index (χ2v) is 7.56. The van der Waals surface area contributed by atoms with Gasteiger partial charge in [0.15, 0.2) is 0 Å². The Morgan fingerprint density at radius 2 is 1.79 bits per heavy atom. The first kappa shape index (κ1) is 15.3. The van der Waals surface area contributed by atoms with Gasteiger partial charge in [-0.2, -0.15) is 0 Å². The SMILES string of the molecule is CC(C)C1CCC(CN)(N2CCCC(C)C2C)CC1. The summed E-state index contributed by atoms with van der Waals surface area (Å²) in [4.78, 5) is 2.79. The maximum atomic E-state index is 6.26. The molecular formula is C17H34N2. The molecule has 0 bridgehead atoms. The number of nitrogens with two attached hydrogens (primary N) is 1. The Morgan fingerprint density at radius 3 is 2.32 bits per heavy atom. The number of nitrogens with zero attached hydrogens (tertiary/aromatic N) is 1. The Morgan fingerprint density at radius 1 is 1.16 bits per heavy atom. The molecule has 2 nitrogen and oxygen atoms in total. The lowest BCUT2D eigenvalue weighted by atomic mass is 9.70. The van der Waals surface area contributed by atoms with E-state index < -0.39 is 0 Å². The topological polar surface area (TPSA) is 29.3 Å². The van der Waals surface area contributed by atoms with E-state index in [-0.39, 0.29) is 0 Å². The molecule has 2 unspecified atom stereocenters. The molecular weight excluding hydrogens is 232 g/mol. The Balaban J connectivity index is 2.07. The van der Waals surface area contributed by atoms with Crippen LogP contribution in [0.1, 0.15) is 66.2 Å². The molecule has 2 fully saturated rings. The van der Waals surface area contributed by atoms with Crippen LogP contribution in [0.5, 0.6) is 0 Å². The molecule has 2 atom stereocenters. The van der Waals surface area contributed by atoms with Crippen molar-refractivity contribution < 1.29 is 0 Å². The highest BCUT2D eigenvalue weighted by molar-refractivity contribution is 5.00. The molecule has 0 aromatic rings. The van der Waals surface area contributed by atoms with Gasteiger partial charge in [0.1, 0.15) is 0 Å². The van der Waals surface area contributed by atoms with Gasteiger partial charge in [-0.1, -0.05) is 20.8 Å². The van der Waals surface area contributed by atoms with Crippen LogP contribution < -0.4 is 5.73 Å². The van der Waals surface area contributed by atoms with E-state index in [2.05, 4.69) is 32.6 Å². The molecule has 0 aromatic carbocycles. The molecule has 1 aliphatic carbocycles. The molecule has 2 rings (SSSR count). The van der Waals surface area contributed by atoms with Crippen molar-refractivity contribution in [3.05, 3.63) is 0 Å². The first-order valence-corrected chi connectivity index (χ1v) is 8.47. The van der Waals surface area contributed by atoms with E-state index in [4.69, 9.17) is 5.73 Å². The van der Waals surface area contributed by atoms with Crippen LogP contribution in [0.2, 0.25) is 0 Å². The predicted octanol–water partition coefficient (Wildman–Crippen LogP) is 3.65. The highest BCUT2D eigenvalue weighted by Gasteiger charge is 2.43. The zero-order valence-electron chi connectivity index (χ0n) is 13.5. The van der Waals surface area contributed by atoms with Crippen LogP contribution in [0.15, 0.2) is 0 Å². The van der Waals surface area contributed by atoms with Crippen LogP contribution in [0.3, 0.4) is 0 Å². The minimum atomic E-state index is 0.319. The summed E-state index contributed by atoms with van der Waals surface area (Å²) in [7, 11) is 0. The van der Waals surface area contributed by atoms with Gasteiger partial charge in [0.2, 0.25) is 0 Å². The maximum Gasteiger partial charge on any atom is 0.0334 e. The van der Waals surface area contributed by atoms with Gasteiger partial charge in [-0.15, -0.1) is 0 Å². The fraction of sp³-hybridized carbons (Fsp3) is 1.00.